The van der Waals surface area contributed by atoms with Gasteiger partial charge in [-0.1, -0.05) is 27.7 Å². The van der Waals surface area contributed by atoms with Crippen LogP contribution >= 0.6 is 0 Å². The number of amides is 2. The molecule has 0 aromatic carbocycles. The first-order chi connectivity index (χ1) is 7.93. The van der Waals surface area contributed by atoms with Gasteiger partial charge in [0.25, 0.3) is 0 Å². The summed E-state index contributed by atoms with van der Waals surface area (Å²) < 4.78 is 0. The van der Waals surface area contributed by atoms with Crippen molar-refractivity contribution in [1.82, 2.24) is 10.2 Å². The molecule has 1 aliphatic carbocycles. The summed E-state index contributed by atoms with van der Waals surface area (Å²) >= 11 is 0. The fourth-order valence-corrected chi connectivity index (χ4v) is 2.56. The molecule has 1 aliphatic heterocycles. The molecule has 2 aliphatic rings. The van der Waals surface area contributed by atoms with E-state index in [1.165, 1.54) is 0 Å². The van der Waals surface area contributed by atoms with Gasteiger partial charge >= 0.3 is 0 Å². The van der Waals surface area contributed by atoms with Crippen molar-refractivity contribution in [3.63, 3.8) is 0 Å². The minimum absolute atomic E-state index is 0.0187. The lowest BCUT2D eigenvalue weighted by atomic mass is 9.92. The molecule has 1 N–H and O–H groups in total. The molecule has 2 amide bonds. The normalized spacial score (nSPS) is 30.1. The Morgan fingerprint density at radius 1 is 1.12 bits per heavy atom. The van der Waals surface area contributed by atoms with Gasteiger partial charge in [-0.15, -0.1) is 0 Å². The minimum Gasteiger partial charge on any atom is -0.342 e. The maximum absolute atomic E-state index is 12.4. The zero-order chi connectivity index (χ0) is 12.7. The van der Waals surface area contributed by atoms with Crippen LogP contribution in [0.15, 0.2) is 0 Å². The lowest BCUT2D eigenvalue weighted by Gasteiger charge is -2.42. The predicted molar refractivity (Wildman–Crippen MR) is 65.3 cm³/mol. The van der Waals surface area contributed by atoms with Gasteiger partial charge in [-0.25, -0.2) is 0 Å². The number of carbonyl (C=O) groups excluding carboxylic acids is 2. The molecule has 2 atom stereocenters. The van der Waals surface area contributed by atoms with E-state index < -0.39 is 0 Å². The Morgan fingerprint density at radius 3 is 2.12 bits per heavy atom. The van der Waals surface area contributed by atoms with Crippen molar-refractivity contribution >= 4 is 11.8 Å². The van der Waals surface area contributed by atoms with Crippen LogP contribution in [0.2, 0.25) is 0 Å². The SMILES string of the molecule is CC(C)C1NC(=O)C(C(C)C)N(C2CC2)C1=O. The number of carbonyl (C=O) groups is 2. The van der Waals surface area contributed by atoms with Crippen molar-refractivity contribution in [2.24, 2.45) is 11.8 Å². The van der Waals surface area contributed by atoms with Gasteiger partial charge in [0.2, 0.25) is 11.8 Å². The summed E-state index contributed by atoms with van der Waals surface area (Å²) in [7, 11) is 0. The van der Waals surface area contributed by atoms with Gasteiger partial charge in [-0.05, 0) is 24.7 Å². The average Bonchev–Trinajstić information content (AvgIpc) is 3.02. The number of nitrogens with zero attached hydrogens (tertiary/aromatic N) is 1. The largest absolute Gasteiger partial charge is 0.342 e. The van der Waals surface area contributed by atoms with Crippen LogP contribution in [0, 0.1) is 11.8 Å². The molecule has 2 unspecified atom stereocenters. The van der Waals surface area contributed by atoms with Crippen LogP contribution in [0.1, 0.15) is 40.5 Å². The Morgan fingerprint density at radius 2 is 1.71 bits per heavy atom. The van der Waals surface area contributed by atoms with E-state index in [1.54, 1.807) is 0 Å². The van der Waals surface area contributed by atoms with E-state index in [0.29, 0.717) is 6.04 Å². The number of hydrogen-bond donors (Lipinski definition) is 1. The highest BCUT2D eigenvalue weighted by atomic mass is 16.2. The van der Waals surface area contributed by atoms with E-state index in [0.717, 1.165) is 12.8 Å². The van der Waals surface area contributed by atoms with E-state index in [1.807, 2.05) is 32.6 Å². The van der Waals surface area contributed by atoms with E-state index >= 15 is 0 Å². The Hall–Kier alpha value is -1.06. The zero-order valence-electron chi connectivity index (χ0n) is 11.1. The summed E-state index contributed by atoms with van der Waals surface area (Å²) in [5.41, 5.74) is 0. The quantitative estimate of drug-likeness (QED) is 0.802. The predicted octanol–water partition coefficient (Wildman–Crippen LogP) is 1.16. The molecule has 1 heterocycles. The van der Waals surface area contributed by atoms with Crippen molar-refractivity contribution < 1.29 is 9.59 Å². The molecule has 2 fully saturated rings. The summed E-state index contributed by atoms with van der Waals surface area (Å²) in [4.78, 5) is 26.4. The maximum Gasteiger partial charge on any atom is 0.246 e. The second-order valence-corrected chi connectivity index (χ2v) is 5.90. The van der Waals surface area contributed by atoms with Crippen LogP contribution < -0.4 is 5.32 Å². The van der Waals surface area contributed by atoms with Crippen molar-refractivity contribution in [2.75, 3.05) is 0 Å². The first kappa shape index (κ1) is 12.4. The molecular formula is C13H22N2O2. The van der Waals surface area contributed by atoms with Crippen molar-refractivity contribution in [2.45, 2.75) is 58.7 Å². The zero-order valence-corrected chi connectivity index (χ0v) is 11.1. The molecule has 17 heavy (non-hydrogen) atoms. The minimum atomic E-state index is -0.335. The fourth-order valence-electron chi connectivity index (χ4n) is 2.56. The summed E-state index contributed by atoms with van der Waals surface area (Å²) in [6.07, 6.45) is 2.10. The molecule has 1 saturated carbocycles. The standard InChI is InChI=1S/C13H22N2O2/c1-7(2)10-13(17)15(9-5-6-9)11(8(3)4)12(16)14-10/h7-11H,5-6H2,1-4H3,(H,14,16). The maximum atomic E-state index is 12.4. The van der Waals surface area contributed by atoms with Crippen LogP contribution in [0.25, 0.3) is 0 Å². The van der Waals surface area contributed by atoms with Gasteiger partial charge in [-0.3, -0.25) is 9.59 Å². The van der Waals surface area contributed by atoms with E-state index in [9.17, 15) is 9.59 Å². The molecule has 0 spiro atoms. The topological polar surface area (TPSA) is 49.4 Å². The molecule has 0 aromatic rings. The number of piperazine rings is 1. The number of nitrogens with one attached hydrogen (secondary N) is 1. The van der Waals surface area contributed by atoms with Crippen LogP contribution in [0.4, 0.5) is 0 Å². The smallest absolute Gasteiger partial charge is 0.246 e. The Kier molecular flexibility index (Phi) is 3.15. The van der Waals surface area contributed by atoms with Gasteiger partial charge in [0, 0.05) is 6.04 Å². The summed E-state index contributed by atoms with van der Waals surface area (Å²) in [6.45, 7) is 7.96. The highest BCUT2D eigenvalue weighted by molar-refractivity contribution is 5.97. The van der Waals surface area contributed by atoms with E-state index in [-0.39, 0.29) is 35.7 Å². The average molecular weight is 238 g/mol. The number of rotatable bonds is 3. The van der Waals surface area contributed by atoms with Gasteiger partial charge < -0.3 is 10.2 Å². The van der Waals surface area contributed by atoms with Crippen LogP contribution in [-0.4, -0.2) is 34.8 Å². The van der Waals surface area contributed by atoms with Crippen LogP contribution in [-0.2, 0) is 9.59 Å². The third-order valence-corrected chi connectivity index (χ3v) is 3.63. The molecule has 96 valence electrons. The molecule has 0 bridgehead atoms. The molecule has 0 radical (unpaired) electrons. The van der Waals surface area contributed by atoms with Crippen molar-refractivity contribution in [3.8, 4) is 0 Å². The molecule has 4 nitrogen and oxygen atoms in total. The molecule has 4 heteroatoms. The fraction of sp³-hybridized carbons (Fsp3) is 0.846. The third-order valence-electron chi connectivity index (χ3n) is 3.63. The van der Waals surface area contributed by atoms with E-state index in [2.05, 4.69) is 5.32 Å². The van der Waals surface area contributed by atoms with E-state index in [4.69, 9.17) is 0 Å². The summed E-state index contributed by atoms with van der Waals surface area (Å²) in [5, 5.41) is 2.88. The van der Waals surface area contributed by atoms with Crippen molar-refractivity contribution in [3.05, 3.63) is 0 Å². The van der Waals surface area contributed by atoms with Gasteiger partial charge in [0.15, 0.2) is 0 Å². The monoisotopic (exact) mass is 238 g/mol. The lowest BCUT2D eigenvalue weighted by Crippen LogP contribution is -2.66. The molecule has 1 saturated heterocycles. The molecular weight excluding hydrogens is 216 g/mol. The Bertz CT molecular complexity index is 334. The first-order valence-electron chi connectivity index (χ1n) is 6.56. The second kappa shape index (κ2) is 4.31. The van der Waals surface area contributed by atoms with Crippen LogP contribution in [0.5, 0.6) is 0 Å². The number of hydrogen-bond acceptors (Lipinski definition) is 2. The molecule has 0 aromatic heterocycles. The van der Waals surface area contributed by atoms with Crippen molar-refractivity contribution in [1.29, 1.82) is 0 Å². The van der Waals surface area contributed by atoms with Gasteiger partial charge in [-0.2, -0.15) is 0 Å². The van der Waals surface area contributed by atoms with Crippen LogP contribution in [0.3, 0.4) is 0 Å². The molecule has 2 rings (SSSR count). The van der Waals surface area contributed by atoms with Gasteiger partial charge in [0.05, 0.1) is 0 Å². The lowest BCUT2D eigenvalue weighted by molar-refractivity contribution is -0.153. The Balaban J connectivity index is 2.26. The third kappa shape index (κ3) is 2.17. The highest BCUT2D eigenvalue weighted by Crippen LogP contribution is 2.33. The highest BCUT2D eigenvalue weighted by Gasteiger charge is 2.48. The Labute approximate surface area is 103 Å². The summed E-state index contributed by atoms with van der Waals surface area (Å²) in [5.74, 6) is 0.458. The second-order valence-electron chi connectivity index (χ2n) is 5.90. The summed E-state index contributed by atoms with van der Waals surface area (Å²) in [6, 6.07) is -0.301. The van der Waals surface area contributed by atoms with Gasteiger partial charge in [0.1, 0.15) is 12.1 Å². The first-order valence-corrected chi connectivity index (χ1v) is 6.56.